The molecule has 6 nitrogen and oxygen atoms in total. The molecule has 0 N–H and O–H groups in total. The molecule has 1 aliphatic rings. The van der Waals surface area contributed by atoms with Crippen LogP contribution in [0.4, 0.5) is 0 Å². The average Bonchev–Trinajstić information content (AvgIpc) is 2.86. The number of hydrogen-bond donors (Lipinski definition) is 0. The quantitative estimate of drug-likeness (QED) is 0.850. The molecule has 2 aromatic rings. The van der Waals surface area contributed by atoms with E-state index in [9.17, 15) is 4.79 Å². The van der Waals surface area contributed by atoms with Gasteiger partial charge in [-0.1, -0.05) is 5.16 Å². The van der Waals surface area contributed by atoms with Crippen LogP contribution in [0.25, 0.3) is 0 Å². The van der Waals surface area contributed by atoms with Crippen LogP contribution in [0, 0.1) is 20.8 Å². The summed E-state index contributed by atoms with van der Waals surface area (Å²) < 4.78 is 10.9. The first kappa shape index (κ1) is 14.7. The molecule has 22 heavy (non-hydrogen) atoms. The molecule has 0 bridgehead atoms. The highest BCUT2D eigenvalue weighted by Crippen LogP contribution is 2.24. The highest BCUT2D eigenvalue weighted by Gasteiger charge is 2.29. The van der Waals surface area contributed by atoms with E-state index in [1.807, 2.05) is 19.1 Å². The van der Waals surface area contributed by atoms with Gasteiger partial charge < -0.3 is 14.2 Å². The molecule has 0 aromatic carbocycles. The molecule has 1 amide bonds. The second kappa shape index (κ2) is 5.88. The zero-order valence-electron chi connectivity index (χ0n) is 13.0. The number of rotatable bonds is 2. The van der Waals surface area contributed by atoms with Gasteiger partial charge >= 0.3 is 0 Å². The average molecular weight is 301 g/mol. The number of amides is 1. The van der Waals surface area contributed by atoms with Crippen LogP contribution in [0.3, 0.4) is 0 Å². The van der Waals surface area contributed by atoms with Gasteiger partial charge in [0.2, 0.25) is 0 Å². The lowest BCUT2D eigenvalue weighted by Gasteiger charge is -2.33. The Kier molecular flexibility index (Phi) is 3.94. The third-order valence-electron chi connectivity index (χ3n) is 3.89. The number of morpholine rings is 1. The van der Waals surface area contributed by atoms with Gasteiger partial charge in [0, 0.05) is 18.4 Å². The maximum Gasteiger partial charge on any atom is 0.259 e. The minimum absolute atomic E-state index is 0.0460. The Bertz CT molecular complexity index is 676. The van der Waals surface area contributed by atoms with Gasteiger partial charge in [-0.2, -0.15) is 0 Å². The fourth-order valence-electron chi connectivity index (χ4n) is 2.75. The van der Waals surface area contributed by atoms with Crippen LogP contribution >= 0.6 is 0 Å². The van der Waals surface area contributed by atoms with Gasteiger partial charge in [0.25, 0.3) is 5.91 Å². The molecular formula is C16H19N3O3. The van der Waals surface area contributed by atoms with Crippen LogP contribution in [-0.4, -0.2) is 40.6 Å². The SMILES string of the molecule is Cc1cc([C@H]2CN(C(=O)c3c(C)noc3C)CCO2)ccn1. The lowest BCUT2D eigenvalue weighted by molar-refractivity contribution is -0.0229. The number of pyridine rings is 1. The number of aromatic nitrogens is 2. The molecule has 3 heterocycles. The smallest absolute Gasteiger partial charge is 0.259 e. The van der Waals surface area contributed by atoms with Crippen molar-refractivity contribution in [1.82, 2.24) is 15.0 Å². The number of carbonyl (C=O) groups excluding carboxylic acids is 1. The predicted molar refractivity (Wildman–Crippen MR) is 79.5 cm³/mol. The molecule has 1 saturated heterocycles. The van der Waals surface area contributed by atoms with Gasteiger partial charge in [-0.15, -0.1) is 0 Å². The van der Waals surface area contributed by atoms with E-state index in [1.165, 1.54) is 0 Å². The van der Waals surface area contributed by atoms with Crippen molar-refractivity contribution < 1.29 is 14.1 Å². The summed E-state index contributed by atoms with van der Waals surface area (Å²) in [6, 6.07) is 3.93. The Balaban J connectivity index is 1.80. The van der Waals surface area contributed by atoms with Crippen molar-refractivity contribution in [3.8, 4) is 0 Å². The van der Waals surface area contributed by atoms with E-state index in [1.54, 1.807) is 24.9 Å². The van der Waals surface area contributed by atoms with E-state index in [2.05, 4.69) is 10.1 Å². The summed E-state index contributed by atoms with van der Waals surface area (Å²) in [5.41, 5.74) is 3.18. The molecule has 1 fully saturated rings. The van der Waals surface area contributed by atoms with Crippen molar-refractivity contribution in [3.05, 3.63) is 46.6 Å². The van der Waals surface area contributed by atoms with Crippen LogP contribution in [0.1, 0.15) is 39.2 Å². The maximum absolute atomic E-state index is 12.7. The van der Waals surface area contributed by atoms with Crippen LogP contribution in [0.15, 0.2) is 22.9 Å². The summed E-state index contributed by atoms with van der Waals surface area (Å²) in [5, 5.41) is 3.86. The van der Waals surface area contributed by atoms with Crippen LogP contribution in [0.5, 0.6) is 0 Å². The summed E-state index contributed by atoms with van der Waals surface area (Å²) >= 11 is 0. The highest BCUT2D eigenvalue weighted by atomic mass is 16.5. The fraction of sp³-hybridized carbons (Fsp3) is 0.438. The van der Waals surface area contributed by atoms with E-state index >= 15 is 0 Å². The normalized spacial score (nSPS) is 18.5. The van der Waals surface area contributed by atoms with E-state index in [0.717, 1.165) is 11.3 Å². The van der Waals surface area contributed by atoms with Gasteiger partial charge in [-0.05, 0) is 38.5 Å². The minimum atomic E-state index is -0.125. The lowest BCUT2D eigenvalue weighted by Crippen LogP contribution is -2.42. The Hall–Kier alpha value is -2.21. The second-order valence-electron chi connectivity index (χ2n) is 5.54. The van der Waals surface area contributed by atoms with Gasteiger partial charge in [0.05, 0.1) is 18.8 Å². The van der Waals surface area contributed by atoms with Crippen LogP contribution in [-0.2, 0) is 4.74 Å². The van der Waals surface area contributed by atoms with Crippen molar-refractivity contribution in [2.45, 2.75) is 26.9 Å². The van der Waals surface area contributed by atoms with E-state index in [0.29, 0.717) is 36.7 Å². The number of carbonyl (C=O) groups is 1. The zero-order chi connectivity index (χ0) is 15.7. The number of ether oxygens (including phenoxy) is 1. The molecule has 0 saturated carbocycles. The second-order valence-corrected chi connectivity index (χ2v) is 5.54. The number of nitrogens with zero attached hydrogens (tertiary/aromatic N) is 3. The van der Waals surface area contributed by atoms with Gasteiger partial charge in [-0.3, -0.25) is 9.78 Å². The molecule has 0 aliphatic carbocycles. The Morgan fingerprint density at radius 1 is 1.36 bits per heavy atom. The fourth-order valence-corrected chi connectivity index (χ4v) is 2.75. The van der Waals surface area contributed by atoms with Gasteiger partial charge in [-0.25, -0.2) is 0 Å². The largest absolute Gasteiger partial charge is 0.370 e. The first-order chi connectivity index (χ1) is 10.6. The first-order valence-corrected chi connectivity index (χ1v) is 7.32. The van der Waals surface area contributed by atoms with Crippen LogP contribution in [0.2, 0.25) is 0 Å². The summed E-state index contributed by atoms with van der Waals surface area (Å²) in [6.07, 6.45) is 1.64. The Morgan fingerprint density at radius 3 is 2.86 bits per heavy atom. The van der Waals surface area contributed by atoms with Crippen molar-refractivity contribution in [2.75, 3.05) is 19.7 Å². The summed E-state index contributed by atoms with van der Waals surface area (Å²) in [4.78, 5) is 18.7. The molecule has 0 spiro atoms. The van der Waals surface area contributed by atoms with E-state index in [4.69, 9.17) is 9.26 Å². The molecule has 1 aliphatic heterocycles. The monoisotopic (exact) mass is 301 g/mol. The summed E-state index contributed by atoms with van der Waals surface area (Å²) in [6.45, 7) is 7.10. The van der Waals surface area contributed by atoms with Gasteiger partial charge in [0.15, 0.2) is 0 Å². The maximum atomic E-state index is 12.7. The summed E-state index contributed by atoms with van der Waals surface area (Å²) in [5.74, 6) is 0.514. The minimum Gasteiger partial charge on any atom is -0.370 e. The van der Waals surface area contributed by atoms with Crippen molar-refractivity contribution in [3.63, 3.8) is 0 Å². The first-order valence-electron chi connectivity index (χ1n) is 7.32. The summed E-state index contributed by atoms with van der Waals surface area (Å²) in [7, 11) is 0. The molecule has 6 heteroatoms. The third-order valence-corrected chi connectivity index (χ3v) is 3.89. The van der Waals surface area contributed by atoms with Crippen LogP contribution < -0.4 is 0 Å². The van der Waals surface area contributed by atoms with E-state index < -0.39 is 0 Å². The molecule has 116 valence electrons. The molecule has 2 aromatic heterocycles. The van der Waals surface area contributed by atoms with Gasteiger partial charge in [0.1, 0.15) is 17.4 Å². The Labute approximate surface area is 129 Å². The third kappa shape index (κ3) is 2.74. The number of hydrogen-bond acceptors (Lipinski definition) is 5. The van der Waals surface area contributed by atoms with Crippen molar-refractivity contribution in [2.24, 2.45) is 0 Å². The standard InChI is InChI=1S/C16H19N3O3/c1-10-8-13(4-5-17-10)14-9-19(6-7-21-14)16(20)15-11(2)18-22-12(15)3/h4-5,8,14H,6-7,9H2,1-3H3/t14-/m1/s1. The highest BCUT2D eigenvalue weighted by molar-refractivity contribution is 5.96. The molecule has 1 atom stereocenters. The molecular weight excluding hydrogens is 282 g/mol. The number of aryl methyl sites for hydroxylation is 3. The predicted octanol–water partition coefficient (Wildman–Crippen LogP) is 2.21. The molecule has 3 rings (SSSR count). The van der Waals surface area contributed by atoms with E-state index in [-0.39, 0.29) is 12.0 Å². The zero-order valence-corrected chi connectivity index (χ0v) is 13.0. The van der Waals surface area contributed by atoms with Crippen molar-refractivity contribution >= 4 is 5.91 Å². The topological polar surface area (TPSA) is 68.5 Å². The molecule has 0 radical (unpaired) electrons. The van der Waals surface area contributed by atoms with Crippen molar-refractivity contribution in [1.29, 1.82) is 0 Å². The molecule has 0 unspecified atom stereocenters. The Morgan fingerprint density at radius 2 is 2.18 bits per heavy atom. The lowest BCUT2D eigenvalue weighted by atomic mass is 10.1.